The van der Waals surface area contributed by atoms with Crippen molar-refractivity contribution < 1.29 is 19.1 Å². The van der Waals surface area contributed by atoms with Gasteiger partial charge in [0.15, 0.2) is 5.84 Å². The Balaban J connectivity index is 2.22. The van der Waals surface area contributed by atoms with Gasteiger partial charge in [0.2, 0.25) is 0 Å². The third-order valence-electron chi connectivity index (χ3n) is 5.25. The molecule has 1 aromatic heterocycles. The summed E-state index contributed by atoms with van der Waals surface area (Å²) in [4.78, 5) is 49.2. The maximum absolute atomic E-state index is 13.4. The maximum atomic E-state index is 13.4. The molecule has 1 aromatic carbocycles. The maximum Gasteiger partial charge on any atom is 0.340 e. The first-order valence-corrected chi connectivity index (χ1v) is 10.5. The van der Waals surface area contributed by atoms with Gasteiger partial charge in [0.1, 0.15) is 11.2 Å². The number of rotatable bonds is 5. The number of aromatic nitrogens is 1. The lowest BCUT2D eigenvalue weighted by Crippen LogP contribution is -2.47. The van der Waals surface area contributed by atoms with E-state index in [1.165, 1.54) is 7.11 Å². The third kappa shape index (κ3) is 3.67. The SMILES string of the molecule is COC(=O)c1cc(CBr)cnc1C1=NC(C)(C(C)C)C(=O)N1C(=O)c1ccccc1. The van der Waals surface area contributed by atoms with Crippen molar-refractivity contribution in [1.82, 2.24) is 9.88 Å². The Morgan fingerprint density at radius 3 is 2.47 bits per heavy atom. The summed E-state index contributed by atoms with van der Waals surface area (Å²) in [5.74, 6) is -1.74. The van der Waals surface area contributed by atoms with E-state index >= 15 is 0 Å². The number of ether oxygens (including phenoxy) is 1. The number of esters is 1. The minimum atomic E-state index is -1.16. The number of benzene rings is 1. The lowest BCUT2D eigenvalue weighted by atomic mass is 9.88. The van der Waals surface area contributed by atoms with Gasteiger partial charge in [-0.1, -0.05) is 48.0 Å². The molecule has 1 unspecified atom stereocenters. The predicted molar refractivity (Wildman–Crippen MR) is 116 cm³/mol. The van der Waals surface area contributed by atoms with Crippen LogP contribution in [0.4, 0.5) is 0 Å². The second-order valence-electron chi connectivity index (χ2n) is 7.41. The lowest BCUT2D eigenvalue weighted by molar-refractivity contribution is -0.130. The average molecular weight is 472 g/mol. The number of imide groups is 1. The number of hydrogen-bond acceptors (Lipinski definition) is 6. The van der Waals surface area contributed by atoms with Crippen LogP contribution in [-0.4, -0.2) is 46.2 Å². The van der Waals surface area contributed by atoms with Crippen molar-refractivity contribution in [2.45, 2.75) is 31.6 Å². The fourth-order valence-electron chi connectivity index (χ4n) is 3.10. The molecule has 0 N–H and O–H groups in total. The summed E-state index contributed by atoms with van der Waals surface area (Å²) < 4.78 is 4.91. The standard InChI is InChI=1S/C22H22BrN3O4/c1-13(2)22(3)21(29)26(19(27)15-8-6-5-7-9-15)18(25-22)17-16(20(28)30-4)10-14(11-23)12-24-17/h5-10,12-13H,11H2,1-4H3. The van der Waals surface area contributed by atoms with Gasteiger partial charge in [-0.2, -0.15) is 0 Å². The number of amidine groups is 1. The first kappa shape index (κ1) is 21.8. The van der Waals surface area contributed by atoms with Gasteiger partial charge in [0.05, 0.1) is 12.7 Å². The molecule has 30 heavy (non-hydrogen) atoms. The molecule has 8 heteroatoms. The lowest BCUT2D eigenvalue weighted by Gasteiger charge is -2.25. The highest BCUT2D eigenvalue weighted by Gasteiger charge is 2.50. The number of pyridine rings is 1. The molecule has 0 radical (unpaired) electrons. The molecule has 1 aliphatic heterocycles. The van der Waals surface area contributed by atoms with Gasteiger partial charge in [-0.25, -0.2) is 14.7 Å². The topological polar surface area (TPSA) is 88.9 Å². The Labute approximate surface area is 183 Å². The number of amides is 2. The fraction of sp³-hybridized carbons (Fsp3) is 0.318. The molecule has 1 atom stereocenters. The summed E-state index contributed by atoms with van der Waals surface area (Å²) >= 11 is 3.34. The van der Waals surface area contributed by atoms with Gasteiger partial charge >= 0.3 is 5.97 Å². The van der Waals surface area contributed by atoms with Crippen LogP contribution >= 0.6 is 15.9 Å². The van der Waals surface area contributed by atoms with Crippen LogP contribution in [0.3, 0.4) is 0 Å². The zero-order valence-electron chi connectivity index (χ0n) is 17.2. The van der Waals surface area contributed by atoms with Crippen LogP contribution in [0.25, 0.3) is 0 Å². The van der Waals surface area contributed by atoms with Gasteiger partial charge < -0.3 is 4.74 Å². The summed E-state index contributed by atoms with van der Waals surface area (Å²) in [5.41, 5.74) is 0.191. The van der Waals surface area contributed by atoms with Gasteiger partial charge in [-0.3, -0.25) is 14.6 Å². The fourth-order valence-corrected chi connectivity index (χ4v) is 3.40. The summed E-state index contributed by atoms with van der Waals surface area (Å²) in [5, 5.41) is 0.478. The molecule has 2 amide bonds. The van der Waals surface area contributed by atoms with Crippen LogP contribution in [0.2, 0.25) is 0 Å². The van der Waals surface area contributed by atoms with E-state index in [9.17, 15) is 14.4 Å². The Hall–Kier alpha value is -2.87. The van der Waals surface area contributed by atoms with E-state index in [0.29, 0.717) is 10.9 Å². The molecule has 0 saturated carbocycles. The molecular weight excluding hydrogens is 450 g/mol. The first-order valence-electron chi connectivity index (χ1n) is 9.42. The van der Waals surface area contributed by atoms with Crippen LogP contribution in [0.1, 0.15) is 52.7 Å². The monoisotopic (exact) mass is 471 g/mol. The Morgan fingerprint density at radius 1 is 1.23 bits per heavy atom. The second kappa shape index (κ2) is 8.47. The molecule has 3 rings (SSSR count). The molecule has 1 aliphatic rings. The molecule has 0 saturated heterocycles. The quantitative estimate of drug-likeness (QED) is 0.377. The van der Waals surface area contributed by atoms with E-state index in [-0.39, 0.29) is 23.0 Å². The highest BCUT2D eigenvalue weighted by atomic mass is 79.9. The Kier molecular flexibility index (Phi) is 6.17. The second-order valence-corrected chi connectivity index (χ2v) is 7.98. The molecule has 2 heterocycles. The summed E-state index contributed by atoms with van der Waals surface area (Å²) in [6.45, 7) is 5.40. The van der Waals surface area contributed by atoms with Crippen LogP contribution in [0.15, 0.2) is 47.6 Å². The Bertz CT molecular complexity index is 1040. The zero-order valence-corrected chi connectivity index (χ0v) is 18.8. The van der Waals surface area contributed by atoms with E-state index in [4.69, 9.17) is 4.74 Å². The smallest absolute Gasteiger partial charge is 0.340 e. The molecule has 2 aromatic rings. The van der Waals surface area contributed by atoms with E-state index in [2.05, 4.69) is 25.9 Å². The van der Waals surface area contributed by atoms with E-state index in [1.807, 2.05) is 13.8 Å². The molecule has 156 valence electrons. The predicted octanol–water partition coefficient (Wildman–Crippen LogP) is 3.61. The van der Waals surface area contributed by atoms with Gasteiger partial charge in [-0.15, -0.1) is 0 Å². The minimum absolute atomic E-state index is 0.0478. The number of nitrogens with zero attached hydrogens (tertiary/aromatic N) is 3. The average Bonchev–Trinajstić information content (AvgIpc) is 3.04. The van der Waals surface area contributed by atoms with Gasteiger partial charge in [0, 0.05) is 17.1 Å². The Morgan fingerprint density at radius 2 is 1.90 bits per heavy atom. The third-order valence-corrected chi connectivity index (χ3v) is 5.90. The largest absolute Gasteiger partial charge is 0.465 e. The molecule has 7 nitrogen and oxygen atoms in total. The van der Waals surface area contributed by atoms with Crippen LogP contribution in [-0.2, 0) is 14.9 Å². The number of alkyl halides is 1. The summed E-state index contributed by atoms with van der Waals surface area (Å²) in [7, 11) is 1.26. The van der Waals surface area contributed by atoms with Crippen molar-refractivity contribution in [2.24, 2.45) is 10.9 Å². The summed E-state index contributed by atoms with van der Waals surface area (Å²) in [6, 6.07) is 10.1. The van der Waals surface area contributed by atoms with Gasteiger partial charge in [0.25, 0.3) is 11.8 Å². The van der Waals surface area contributed by atoms with Crippen molar-refractivity contribution >= 4 is 39.5 Å². The highest BCUT2D eigenvalue weighted by molar-refractivity contribution is 9.08. The number of aliphatic imine (C=N–C) groups is 1. The van der Waals surface area contributed by atoms with Crippen LogP contribution < -0.4 is 0 Å². The van der Waals surface area contributed by atoms with Crippen molar-refractivity contribution in [3.05, 3.63) is 65.0 Å². The molecule has 0 spiro atoms. The van der Waals surface area contributed by atoms with Crippen molar-refractivity contribution in [1.29, 1.82) is 0 Å². The minimum Gasteiger partial charge on any atom is -0.465 e. The van der Waals surface area contributed by atoms with Crippen LogP contribution in [0.5, 0.6) is 0 Å². The van der Waals surface area contributed by atoms with Crippen molar-refractivity contribution in [2.75, 3.05) is 7.11 Å². The van der Waals surface area contributed by atoms with Crippen molar-refractivity contribution in [3.63, 3.8) is 0 Å². The number of carbonyl (C=O) groups is 3. The normalized spacial score (nSPS) is 18.5. The number of hydrogen-bond donors (Lipinski definition) is 0. The van der Waals surface area contributed by atoms with Crippen LogP contribution in [0, 0.1) is 5.92 Å². The zero-order chi connectivity index (χ0) is 22.1. The highest BCUT2D eigenvalue weighted by Crippen LogP contribution is 2.33. The van der Waals surface area contributed by atoms with E-state index in [0.717, 1.165) is 10.5 Å². The summed E-state index contributed by atoms with van der Waals surface area (Å²) in [6.07, 6.45) is 1.57. The number of carbonyl (C=O) groups excluding carboxylic acids is 3. The number of methoxy groups -OCH3 is 1. The molecule has 0 fully saturated rings. The van der Waals surface area contributed by atoms with Gasteiger partial charge in [-0.05, 0) is 36.6 Å². The molecule has 0 aliphatic carbocycles. The molecule has 0 bridgehead atoms. The number of halogens is 1. The molecular formula is C22H22BrN3O4. The van der Waals surface area contributed by atoms with E-state index < -0.39 is 23.3 Å². The first-order chi connectivity index (χ1) is 14.2. The van der Waals surface area contributed by atoms with Crippen molar-refractivity contribution in [3.8, 4) is 0 Å². The van der Waals surface area contributed by atoms with E-state index in [1.54, 1.807) is 49.5 Å².